The first-order valence-electron chi connectivity index (χ1n) is 10.0. The van der Waals surface area contributed by atoms with Crippen LogP contribution >= 0.6 is 11.6 Å². The number of halogens is 1. The number of esters is 1. The maximum atomic E-state index is 12.8. The third-order valence-electron chi connectivity index (χ3n) is 5.61. The molecular formula is C23H27ClN2O4. The van der Waals surface area contributed by atoms with Gasteiger partial charge in [0, 0.05) is 30.2 Å². The summed E-state index contributed by atoms with van der Waals surface area (Å²) < 4.78 is 10.3. The highest BCUT2D eigenvalue weighted by atomic mass is 35.5. The van der Waals surface area contributed by atoms with E-state index in [0.717, 1.165) is 12.8 Å². The van der Waals surface area contributed by atoms with E-state index in [4.69, 9.17) is 21.1 Å². The van der Waals surface area contributed by atoms with E-state index < -0.39 is 12.0 Å². The number of hydrogen-bond acceptors (Lipinski definition) is 4. The molecule has 2 N–H and O–H groups in total. The molecule has 2 aromatic rings. The SMILES string of the molecule is COC(=O)CC(NC(=O)NCC1(c2ccccc2)CCOCC1)c1ccccc1Cl. The minimum absolute atomic E-state index is 0.00861. The van der Waals surface area contributed by atoms with Crippen molar-refractivity contribution in [1.82, 2.24) is 10.6 Å². The summed E-state index contributed by atoms with van der Waals surface area (Å²) in [5, 5.41) is 6.37. The molecule has 0 spiro atoms. The van der Waals surface area contributed by atoms with Gasteiger partial charge in [-0.3, -0.25) is 4.79 Å². The quantitative estimate of drug-likeness (QED) is 0.651. The molecule has 160 valence electrons. The van der Waals surface area contributed by atoms with E-state index in [9.17, 15) is 9.59 Å². The van der Waals surface area contributed by atoms with Crippen LogP contribution in [0.2, 0.25) is 5.02 Å². The second-order valence-corrected chi connectivity index (χ2v) is 7.85. The number of carbonyl (C=O) groups excluding carboxylic acids is 2. The lowest BCUT2D eigenvalue weighted by Crippen LogP contribution is -2.48. The first kappa shape index (κ1) is 22.1. The van der Waals surface area contributed by atoms with Crippen LogP contribution in [-0.4, -0.2) is 38.9 Å². The first-order valence-corrected chi connectivity index (χ1v) is 10.4. The van der Waals surface area contributed by atoms with Crippen LogP contribution in [0.3, 0.4) is 0 Å². The summed E-state index contributed by atoms with van der Waals surface area (Å²) in [5.74, 6) is -0.426. The van der Waals surface area contributed by atoms with Crippen molar-refractivity contribution < 1.29 is 19.1 Å². The van der Waals surface area contributed by atoms with Crippen LogP contribution in [-0.2, 0) is 19.7 Å². The highest BCUT2D eigenvalue weighted by Gasteiger charge is 2.35. The number of rotatable bonds is 7. The predicted molar refractivity (Wildman–Crippen MR) is 116 cm³/mol. The van der Waals surface area contributed by atoms with E-state index in [0.29, 0.717) is 30.3 Å². The number of amides is 2. The van der Waals surface area contributed by atoms with E-state index in [-0.39, 0.29) is 17.9 Å². The Labute approximate surface area is 181 Å². The Morgan fingerprint density at radius 2 is 1.77 bits per heavy atom. The van der Waals surface area contributed by atoms with Crippen molar-refractivity contribution in [2.75, 3.05) is 26.9 Å². The minimum Gasteiger partial charge on any atom is -0.469 e. The maximum absolute atomic E-state index is 12.8. The molecule has 7 heteroatoms. The van der Waals surface area contributed by atoms with Gasteiger partial charge in [-0.2, -0.15) is 0 Å². The molecule has 1 saturated heterocycles. The van der Waals surface area contributed by atoms with Crippen molar-refractivity contribution in [3.05, 3.63) is 70.7 Å². The molecule has 6 nitrogen and oxygen atoms in total. The third kappa shape index (κ3) is 5.52. The zero-order chi connectivity index (χ0) is 21.4. The second-order valence-electron chi connectivity index (χ2n) is 7.44. The average molecular weight is 431 g/mol. The monoisotopic (exact) mass is 430 g/mol. The van der Waals surface area contributed by atoms with Crippen LogP contribution in [0.4, 0.5) is 4.79 Å². The summed E-state index contributed by atoms with van der Waals surface area (Å²) in [4.78, 5) is 24.7. The summed E-state index contributed by atoms with van der Waals surface area (Å²) >= 11 is 6.29. The lowest BCUT2D eigenvalue weighted by atomic mass is 9.74. The predicted octanol–water partition coefficient (Wildman–Crippen LogP) is 3.99. The molecule has 1 atom stereocenters. The third-order valence-corrected chi connectivity index (χ3v) is 5.95. The smallest absolute Gasteiger partial charge is 0.315 e. The topological polar surface area (TPSA) is 76.7 Å². The molecular weight excluding hydrogens is 404 g/mol. The molecule has 0 saturated carbocycles. The number of carbonyl (C=O) groups is 2. The lowest BCUT2D eigenvalue weighted by molar-refractivity contribution is -0.141. The van der Waals surface area contributed by atoms with Gasteiger partial charge >= 0.3 is 12.0 Å². The molecule has 1 fully saturated rings. The van der Waals surface area contributed by atoms with E-state index >= 15 is 0 Å². The van der Waals surface area contributed by atoms with Gasteiger partial charge in [0.15, 0.2) is 0 Å². The standard InChI is InChI=1S/C23H27ClN2O4/c1-29-21(27)15-20(18-9-5-6-10-19(18)24)26-22(28)25-16-23(11-13-30-14-12-23)17-7-3-2-4-8-17/h2-10,20H,11-16H2,1H3,(H2,25,26,28). The summed E-state index contributed by atoms with van der Waals surface area (Å²) in [5.41, 5.74) is 1.67. The fourth-order valence-electron chi connectivity index (χ4n) is 3.83. The fraction of sp³-hybridized carbons (Fsp3) is 0.391. The van der Waals surface area contributed by atoms with Crippen LogP contribution in [0.5, 0.6) is 0 Å². The van der Waals surface area contributed by atoms with Gasteiger partial charge in [0.1, 0.15) is 0 Å². The van der Waals surface area contributed by atoms with Crippen molar-refractivity contribution in [2.24, 2.45) is 0 Å². The van der Waals surface area contributed by atoms with Crippen LogP contribution in [0, 0.1) is 0 Å². The molecule has 30 heavy (non-hydrogen) atoms. The Morgan fingerprint density at radius 1 is 1.10 bits per heavy atom. The van der Waals surface area contributed by atoms with Gasteiger partial charge in [-0.05, 0) is 30.0 Å². The largest absolute Gasteiger partial charge is 0.469 e. The number of hydrogen-bond donors (Lipinski definition) is 2. The van der Waals surface area contributed by atoms with E-state index in [1.807, 2.05) is 24.3 Å². The van der Waals surface area contributed by atoms with Crippen molar-refractivity contribution in [1.29, 1.82) is 0 Å². The summed E-state index contributed by atoms with van der Waals surface area (Å²) in [7, 11) is 1.32. The summed E-state index contributed by atoms with van der Waals surface area (Å²) in [6.07, 6.45) is 1.64. The van der Waals surface area contributed by atoms with Crippen LogP contribution < -0.4 is 10.6 Å². The molecule has 3 rings (SSSR count). The van der Waals surface area contributed by atoms with Gasteiger partial charge in [0.25, 0.3) is 0 Å². The number of ether oxygens (including phenoxy) is 2. The number of benzene rings is 2. The number of urea groups is 1. The van der Waals surface area contributed by atoms with Gasteiger partial charge in [0.2, 0.25) is 0 Å². The van der Waals surface area contributed by atoms with Gasteiger partial charge in [0.05, 0.1) is 19.6 Å². The van der Waals surface area contributed by atoms with Crippen LogP contribution in [0.1, 0.15) is 36.4 Å². The fourth-order valence-corrected chi connectivity index (χ4v) is 4.09. The Morgan fingerprint density at radius 3 is 2.43 bits per heavy atom. The lowest BCUT2D eigenvalue weighted by Gasteiger charge is -2.38. The Bertz CT molecular complexity index is 853. The molecule has 1 aliphatic heterocycles. The Kier molecular flexibility index (Phi) is 7.71. The van der Waals surface area contributed by atoms with E-state index in [1.54, 1.807) is 18.2 Å². The Balaban J connectivity index is 1.71. The zero-order valence-corrected chi connectivity index (χ0v) is 17.8. The molecule has 1 heterocycles. The van der Waals surface area contributed by atoms with Crippen molar-refractivity contribution in [2.45, 2.75) is 30.7 Å². The first-order chi connectivity index (χ1) is 14.5. The van der Waals surface area contributed by atoms with E-state index in [1.165, 1.54) is 12.7 Å². The molecule has 0 aromatic heterocycles. The highest BCUT2D eigenvalue weighted by Crippen LogP contribution is 2.34. The molecule has 2 aromatic carbocycles. The molecule has 2 amide bonds. The number of nitrogens with one attached hydrogen (secondary N) is 2. The maximum Gasteiger partial charge on any atom is 0.315 e. The molecule has 0 bridgehead atoms. The van der Waals surface area contributed by atoms with Gasteiger partial charge in [-0.1, -0.05) is 60.1 Å². The number of methoxy groups -OCH3 is 1. The molecule has 0 aliphatic carbocycles. The minimum atomic E-state index is -0.589. The summed E-state index contributed by atoms with van der Waals surface area (Å²) in [6, 6.07) is 16.4. The van der Waals surface area contributed by atoms with Crippen molar-refractivity contribution in [3.63, 3.8) is 0 Å². The second kappa shape index (κ2) is 10.5. The van der Waals surface area contributed by atoms with Crippen molar-refractivity contribution in [3.8, 4) is 0 Å². The van der Waals surface area contributed by atoms with Crippen LogP contribution in [0.15, 0.2) is 54.6 Å². The van der Waals surface area contributed by atoms with Gasteiger partial charge in [-0.25, -0.2) is 4.79 Å². The molecule has 1 unspecified atom stereocenters. The van der Waals surface area contributed by atoms with Gasteiger partial charge in [-0.15, -0.1) is 0 Å². The highest BCUT2D eigenvalue weighted by molar-refractivity contribution is 6.31. The normalized spacial score (nSPS) is 16.3. The average Bonchev–Trinajstić information content (AvgIpc) is 2.79. The van der Waals surface area contributed by atoms with Gasteiger partial charge < -0.3 is 20.1 Å². The summed E-state index contributed by atoms with van der Waals surface area (Å²) in [6.45, 7) is 1.78. The van der Waals surface area contributed by atoms with Crippen molar-refractivity contribution >= 4 is 23.6 Å². The molecule has 1 aliphatic rings. The molecule has 0 radical (unpaired) electrons. The van der Waals surface area contributed by atoms with E-state index in [2.05, 4.69) is 22.8 Å². The van der Waals surface area contributed by atoms with Crippen LogP contribution in [0.25, 0.3) is 0 Å². The Hall–Kier alpha value is -2.57. The zero-order valence-electron chi connectivity index (χ0n) is 17.0.